The van der Waals surface area contributed by atoms with Crippen molar-refractivity contribution in [2.75, 3.05) is 0 Å². The molecular weight excluding hydrogens is 300 g/mol. The summed E-state index contributed by atoms with van der Waals surface area (Å²) in [5.41, 5.74) is 0.861. The Bertz CT molecular complexity index is 871. The van der Waals surface area contributed by atoms with Crippen molar-refractivity contribution >= 4 is 5.78 Å². The quantitative estimate of drug-likeness (QED) is 0.656. The minimum atomic E-state index is -0.932. The van der Waals surface area contributed by atoms with Gasteiger partial charge in [0, 0.05) is 11.8 Å². The van der Waals surface area contributed by atoms with Crippen LogP contribution in [0, 0.1) is 11.3 Å². The van der Waals surface area contributed by atoms with Gasteiger partial charge in [-0.3, -0.25) is 9.78 Å². The molecule has 0 saturated heterocycles. The smallest absolute Gasteiger partial charge is 0.186 e. The van der Waals surface area contributed by atoms with Crippen LogP contribution in [0.2, 0.25) is 0 Å². The van der Waals surface area contributed by atoms with Gasteiger partial charge in [-0.05, 0) is 36.4 Å². The molecule has 0 unspecified atom stereocenters. The zero-order valence-electron chi connectivity index (χ0n) is 12.8. The summed E-state index contributed by atoms with van der Waals surface area (Å²) in [6.45, 7) is 0. The fourth-order valence-corrected chi connectivity index (χ4v) is 2.31. The molecule has 0 N–H and O–H groups in total. The monoisotopic (exact) mass is 314 g/mol. The molecule has 3 rings (SSSR count). The van der Waals surface area contributed by atoms with E-state index in [4.69, 9.17) is 4.74 Å². The Morgan fingerprint density at radius 2 is 1.71 bits per heavy atom. The average Bonchev–Trinajstić information content (AvgIpc) is 2.64. The van der Waals surface area contributed by atoms with E-state index < -0.39 is 5.92 Å². The minimum Gasteiger partial charge on any atom is -0.457 e. The standard InChI is InChI=1S/C20H14N2O2/c21-14-18(19-11-4-5-12-22-19)20(23)15-7-6-10-17(13-15)24-16-8-2-1-3-9-16/h1-13,18H/t18-/m0/s1. The molecule has 1 aromatic heterocycles. The molecule has 0 fully saturated rings. The zero-order chi connectivity index (χ0) is 16.8. The highest BCUT2D eigenvalue weighted by Crippen LogP contribution is 2.25. The third-order valence-corrected chi connectivity index (χ3v) is 3.47. The van der Waals surface area contributed by atoms with Crippen LogP contribution in [-0.2, 0) is 0 Å². The van der Waals surface area contributed by atoms with Gasteiger partial charge in [-0.15, -0.1) is 0 Å². The van der Waals surface area contributed by atoms with E-state index in [0.29, 0.717) is 22.8 Å². The van der Waals surface area contributed by atoms with Gasteiger partial charge in [-0.25, -0.2) is 0 Å². The maximum absolute atomic E-state index is 12.7. The summed E-state index contributed by atoms with van der Waals surface area (Å²) >= 11 is 0. The number of Topliss-reactive ketones (excluding diaryl/α,β-unsaturated/α-hetero) is 1. The summed E-state index contributed by atoms with van der Waals surface area (Å²) in [6, 6.07) is 23.3. The fraction of sp³-hybridized carbons (Fsp3) is 0.0500. The molecule has 24 heavy (non-hydrogen) atoms. The minimum absolute atomic E-state index is 0.297. The molecule has 1 atom stereocenters. The third-order valence-electron chi connectivity index (χ3n) is 3.47. The summed E-state index contributed by atoms with van der Waals surface area (Å²) in [7, 11) is 0. The number of rotatable bonds is 5. The van der Waals surface area contributed by atoms with Crippen LogP contribution >= 0.6 is 0 Å². The lowest BCUT2D eigenvalue weighted by atomic mass is 9.95. The van der Waals surface area contributed by atoms with E-state index in [0.717, 1.165) is 0 Å². The summed E-state index contributed by atoms with van der Waals surface area (Å²) in [6.07, 6.45) is 1.57. The molecule has 0 bridgehead atoms. The number of pyridine rings is 1. The number of aromatic nitrogens is 1. The number of carbonyl (C=O) groups is 1. The molecular formula is C20H14N2O2. The SMILES string of the molecule is N#C[C@H](C(=O)c1cccc(Oc2ccccc2)c1)c1ccccn1. The Labute approximate surface area is 140 Å². The van der Waals surface area contributed by atoms with Crippen LogP contribution in [-0.4, -0.2) is 10.8 Å². The van der Waals surface area contributed by atoms with Crippen LogP contribution in [0.1, 0.15) is 22.0 Å². The molecule has 0 amide bonds. The molecule has 0 aliphatic carbocycles. The van der Waals surface area contributed by atoms with Crippen molar-refractivity contribution in [2.24, 2.45) is 0 Å². The summed E-state index contributed by atoms with van der Waals surface area (Å²) < 4.78 is 5.74. The van der Waals surface area contributed by atoms with E-state index in [1.165, 1.54) is 0 Å². The van der Waals surface area contributed by atoms with E-state index in [9.17, 15) is 10.1 Å². The normalized spacial score (nSPS) is 11.3. The first kappa shape index (κ1) is 15.4. The lowest BCUT2D eigenvalue weighted by Gasteiger charge is -2.10. The van der Waals surface area contributed by atoms with Crippen molar-refractivity contribution in [3.8, 4) is 17.6 Å². The number of para-hydroxylation sites is 1. The predicted octanol–water partition coefficient (Wildman–Crippen LogP) is 4.36. The predicted molar refractivity (Wildman–Crippen MR) is 89.9 cm³/mol. The molecule has 0 aliphatic rings. The Hall–Kier alpha value is -3.45. The number of ketones is 1. The zero-order valence-corrected chi connectivity index (χ0v) is 12.8. The molecule has 0 spiro atoms. The van der Waals surface area contributed by atoms with Crippen LogP contribution in [0.15, 0.2) is 79.0 Å². The number of benzene rings is 2. The number of nitrogens with zero attached hydrogens (tertiary/aromatic N) is 2. The number of hydrogen-bond acceptors (Lipinski definition) is 4. The summed E-state index contributed by atoms with van der Waals surface area (Å²) in [4.78, 5) is 16.8. The van der Waals surface area contributed by atoms with Gasteiger partial charge in [-0.1, -0.05) is 36.4 Å². The second-order valence-electron chi connectivity index (χ2n) is 5.12. The fourth-order valence-electron chi connectivity index (χ4n) is 2.31. The molecule has 1 heterocycles. The van der Waals surface area contributed by atoms with Gasteiger partial charge in [0.25, 0.3) is 0 Å². The molecule has 116 valence electrons. The van der Waals surface area contributed by atoms with Gasteiger partial charge >= 0.3 is 0 Å². The molecule has 4 nitrogen and oxygen atoms in total. The number of carbonyl (C=O) groups excluding carboxylic acids is 1. The average molecular weight is 314 g/mol. The second kappa shape index (κ2) is 7.21. The first-order valence-electron chi connectivity index (χ1n) is 7.45. The summed E-state index contributed by atoms with van der Waals surface area (Å²) in [5.74, 6) is 0.00121. The van der Waals surface area contributed by atoms with E-state index >= 15 is 0 Å². The van der Waals surface area contributed by atoms with Crippen LogP contribution in [0.3, 0.4) is 0 Å². The second-order valence-corrected chi connectivity index (χ2v) is 5.12. The number of ether oxygens (including phenoxy) is 1. The van der Waals surface area contributed by atoms with E-state index in [1.807, 2.05) is 36.4 Å². The maximum Gasteiger partial charge on any atom is 0.186 e. The van der Waals surface area contributed by atoms with Crippen molar-refractivity contribution in [3.05, 3.63) is 90.3 Å². The van der Waals surface area contributed by atoms with E-state index in [1.54, 1.807) is 48.7 Å². The van der Waals surface area contributed by atoms with Crippen molar-refractivity contribution in [1.82, 2.24) is 4.98 Å². The third kappa shape index (κ3) is 3.47. The molecule has 0 aliphatic heterocycles. The Kier molecular flexibility index (Phi) is 4.64. The first-order valence-corrected chi connectivity index (χ1v) is 7.45. The highest BCUT2D eigenvalue weighted by Gasteiger charge is 2.23. The van der Waals surface area contributed by atoms with Gasteiger partial charge in [-0.2, -0.15) is 5.26 Å². The van der Waals surface area contributed by atoms with Gasteiger partial charge in [0.15, 0.2) is 11.7 Å². The van der Waals surface area contributed by atoms with Gasteiger partial charge < -0.3 is 4.74 Å². The lowest BCUT2D eigenvalue weighted by molar-refractivity contribution is 0.0977. The lowest BCUT2D eigenvalue weighted by Crippen LogP contribution is -2.12. The van der Waals surface area contributed by atoms with E-state index in [2.05, 4.69) is 4.98 Å². The molecule has 2 aromatic carbocycles. The number of hydrogen-bond donors (Lipinski definition) is 0. The van der Waals surface area contributed by atoms with Crippen molar-refractivity contribution in [1.29, 1.82) is 5.26 Å². The van der Waals surface area contributed by atoms with E-state index in [-0.39, 0.29) is 5.78 Å². The van der Waals surface area contributed by atoms with Gasteiger partial charge in [0.1, 0.15) is 11.5 Å². The van der Waals surface area contributed by atoms with Crippen LogP contribution in [0.25, 0.3) is 0 Å². The molecule has 3 aromatic rings. The maximum atomic E-state index is 12.7. The molecule has 0 saturated carbocycles. The molecule has 0 radical (unpaired) electrons. The van der Waals surface area contributed by atoms with Crippen molar-refractivity contribution in [2.45, 2.75) is 5.92 Å². The Morgan fingerprint density at radius 3 is 2.42 bits per heavy atom. The highest BCUT2D eigenvalue weighted by molar-refractivity contribution is 6.02. The van der Waals surface area contributed by atoms with Crippen LogP contribution in [0.4, 0.5) is 0 Å². The van der Waals surface area contributed by atoms with Gasteiger partial charge in [0.2, 0.25) is 0 Å². The largest absolute Gasteiger partial charge is 0.457 e. The molecule has 4 heteroatoms. The van der Waals surface area contributed by atoms with Crippen LogP contribution < -0.4 is 4.74 Å². The summed E-state index contributed by atoms with van der Waals surface area (Å²) in [5, 5.41) is 9.37. The highest BCUT2D eigenvalue weighted by atomic mass is 16.5. The van der Waals surface area contributed by atoms with Gasteiger partial charge in [0.05, 0.1) is 11.8 Å². The Morgan fingerprint density at radius 1 is 0.958 bits per heavy atom. The Balaban J connectivity index is 1.85. The topological polar surface area (TPSA) is 63.0 Å². The van der Waals surface area contributed by atoms with Crippen molar-refractivity contribution < 1.29 is 9.53 Å². The van der Waals surface area contributed by atoms with Crippen molar-refractivity contribution in [3.63, 3.8) is 0 Å². The number of nitriles is 1. The van der Waals surface area contributed by atoms with Crippen LogP contribution in [0.5, 0.6) is 11.5 Å². The first-order chi connectivity index (χ1) is 11.8.